The van der Waals surface area contributed by atoms with Crippen LogP contribution in [-0.4, -0.2) is 32.3 Å². The molecule has 0 radical (unpaired) electrons. The van der Waals surface area contributed by atoms with Crippen LogP contribution in [0.2, 0.25) is 15.1 Å². The minimum Gasteiger partial charge on any atom is -0.492 e. The molecule has 2 heterocycles. The maximum atomic E-state index is 13.0. The summed E-state index contributed by atoms with van der Waals surface area (Å²) in [6.45, 7) is 1.57. The standard InChI is InChI=1S/C19H16Cl3NO4/c20-12-2-4-16-14(10-12)19(26-8-9-27-19)18(24)23(16)6-1-7-25-17-5-3-13(21)11-15(17)22/h2-5,10-11H,1,6-9H2. The quantitative estimate of drug-likeness (QED) is 0.650. The second-order valence-corrected chi connectivity index (χ2v) is 7.49. The van der Waals surface area contributed by atoms with Crippen LogP contribution in [0.15, 0.2) is 36.4 Å². The number of benzene rings is 2. The summed E-state index contributed by atoms with van der Waals surface area (Å²) in [5.41, 5.74) is 1.40. The highest BCUT2D eigenvalue weighted by Crippen LogP contribution is 2.46. The molecule has 5 nitrogen and oxygen atoms in total. The predicted octanol–water partition coefficient (Wildman–Crippen LogP) is 4.66. The molecule has 0 N–H and O–H groups in total. The van der Waals surface area contributed by atoms with Crippen LogP contribution in [-0.2, 0) is 20.1 Å². The fraction of sp³-hybridized carbons (Fsp3) is 0.316. The average Bonchev–Trinajstić information content (AvgIpc) is 3.21. The van der Waals surface area contributed by atoms with E-state index in [4.69, 9.17) is 49.0 Å². The monoisotopic (exact) mass is 427 g/mol. The number of carbonyl (C=O) groups excluding carboxylic acids is 1. The second-order valence-electron chi connectivity index (χ2n) is 6.21. The average molecular weight is 429 g/mol. The molecule has 2 aliphatic rings. The zero-order valence-electron chi connectivity index (χ0n) is 14.2. The highest BCUT2D eigenvalue weighted by atomic mass is 35.5. The zero-order chi connectivity index (χ0) is 19.0. The van der Waals surface area contributed by atoms with Crippen LogP contribution < -0.4 is 9.64 Å². The Morgan fingerprint density at radius 1 is 1.04 bits per heavy atom. The molecule has 2 aliphatic heterocycles. The Labute approximate surface area is 171 Å². The number of halogens is 3. The summed E-state index contributed by atoms with van der Waals surface area (Å²) in [4.78, 5) is 14.7. The van der Waals surface area contributed by atoms with E-state index in [9.17, 15) is 4.79 Å². The van der Waals surface area contributed by atoms with Crippen LogP contribution in [0.5, 0.6) is 5.75 Å². The van der Waals surface area contributed by atoms with Crippen molar-refractivity contribution in [3.63, 3.8) is 0 Å². The first-order chi connectivity index (χ1) is 13.0. The summed E-state index contributed by atoms with van der Waals surface area (Å²) in [6.07, 6.45) is 0.600. The van der Waals surface area contributed by atoms with E-state index in [0.29, 0.717) is 59.2 Å². The Hall–Kier alpha value is -1.50. The van der Waals surface area contributed by atoms with Gasteiger partial charge in [-0.25, -0.2) is 0 Å². The number of carbonyl (C=O) groups is 1. The molecule has 27 heavy (non-hydrogen) atoms. The minimum absolute atomic E-state index is 0.234. The van der Waals surface area contributed by atoms with E-state index in [1.54, 1.807) is 35.2 Å². The van der Waals surface area contributed by atoms with Gasteiger partial charge in [-0.3, -0.25) is 4.79 Å². The van der Waals surface area contributed by atoms with Gasteiger partial charge in [-0.15, -0.1) is 0 Å². The molecule has 0 unspecified atom stereocenters. The van der Waals surface area contributed by atoms with Crippen molar-refractivity contribution in [2.75, 3.05) is 31.3 Å². The van der Waals surface area contributed by atoms with Gasteiger partial charge in [-0.05, 0) is 42.8 Å². The van der Waals surface area contributed by atoms with E-state index in [2.05, 4.69) is 0 Å². The molecule has 1 amide bonds. The van der Waals surface area contributed by atoms with Crippen molar-refractivity contribution >= 4 is 46.4 Å². The number of fused-ring (bicyclic) bond motifs is 2. The zero-order valence-corrected chi connectivity index (χ0v) is 16.5. The fourth-order valence-electron chi connectivity index (χ4n) is 3.32. The summed E-state index contributed by atoms with van der Waals surface area (Å²) < 4.78 is 17.1. The molecule has 1 fully saturated rings. The lowest BCUT2D eigenvalue weighted by atomic mass is 10.1. The van der Waals surface area contributed by atoms with Gasteiger partial charge in [0.1, 0.15) is 5.75 Å². The van der Waals surface area contributed by atoms with Crippen molar-refractivity contribution in [3.8, 4) is 5.75 Å². The van der Waals surface area contributed by atoms with E-state index in [0.717, 1.165) is 5.69 Å². The third kappa shape index (κ3) is 3.39. The lowest BCUT2D eigenvalue weighted by molar-refractivity contribution is -0.180. The maximum Gasteiger partial charge on any atom is 0.292 e. The summed E-state index contributed by atoms with van der Waals surface area (Å²) in [7, 11) is 0. The third-order valence-corrected chi connectivity index (χ3v) is 5.27. The SMILES string of the molecule is O=C1N(CCCOc2ccc(Cl)cc2Cl)c2ccc(Cl)cc2C12OCCO2. The van der Waals surface area contributed by atoms with Crippen molar-refractivity contribution in [2.24, 2.45) is 0 Å². The summed E-state index contributed by atoms with van der Waals surface area (Å²) in [6, 6.07) is 10.3. The third-order valence-electron chi connectivity index (χ3n) is 4.50. The van der Waals surface area contributed by atoms with Crippen molar-refractivity contribution in [1.29, 1.82) is 0 Å². The number of nitrogens with zero attached hydrogens (tertiary/aromatic N) is 1. The minimum atomic E-state index is -1.37. The van der Waals surface area contributed by atoms with Crippen LogP contribution in [0.1, 0.15) is 12.0 Å². The summed E-state index contributed by atoms with van der Waals surface area (Å²) >= 11 is 18.1. The molecule has 2 aromatic carbocycles. The molecule has 0 aliphatic carbocycles. The molecule has 2 aromatic rings. The normalized spacial score (nSPS) is 17.6. The van der Waals surface area contributed by atoms with Gasteiger partial charge in [0.05, 0.1) is 30.5 Å². The van der Waals surface area contributed by atoms with Crippen LogP contribution in [0.3, 0.4) is 0 Å². The van der Waals surface area contributed by atoms with E-state index in [1.807, 2.05) is 6.07 Å². The van der Waals surface area contributed by atoms with Crippen molar-refractivity contribution in [2.45, 2.75) is 12.2 Å². The summed E-state index contributed by atoms with van der Waals surface area (Å²) in [5.74, 6) is -1.05. The molecular formula is C19H16Cl3NO4. The van der Waals surface area contributed by atoms with Crippen LogP contribution >= 0.6 is 34.8 Å². The highest BCUT2D eigenvalue weighted by Gasteiger charge is 2.55. The van der Waals surface area contributed by atoms with Crippen molar-refractivity contribution < 1.29 is 19.0 Å². The summed E-state index contributed by atoms with van der Waals surface area (Å²) in [5, 5.41) is 1.53. The number of hydrogen-bond donors (Lipinski definition) is 0. The van der Waals surface area contributed by atoms with E-state index < -0.39 is 5.79 Å². The van der Waals surface area contributed by atoms with E-state index >= 15 is 0 Å². The molecule has 8 heteroatoms. The van der Waals surface area contributed by atoms with Gasteiger partial charge < -0.3 is 19.1 Å². The van der Waals surface area contributed by atoms with Gasteiger partial charge in [0, 0.05) is 22.2 Å². The van der Waals surface area contributed by atoms with Crippen molar-refractivity contribution in [1.82, 2.24) is 0 Å². The molecule has 1 spiro atoms. The molecule has 0 aromatic heterocycles. The number of hydrogen-bond acceptors (Lipinski definition) is 4. The Morgan fingerprint density at radius 3 is 2.48 bits per heavy atom. The molecule has 0 bridgehead atoms. The van der Waals surface area contributed by atoms with E-state index in [1.165, 1.54) is 0 Å². The molecule has 1 saturated heterocycles. The van der Waals surface area contributed by atoms with Gasteiger partial charge in [-0.1, -0.05) is 34.8 Å². The van der Waals surface area contributed by atoms with Gasteiger partial charge in [-0.2, -0.15) is 0 Å². The largest absolute Gasteiger partial charge is 0.492 e. The topological polar surface area (TPSA) is 48.0 Å². The van der Waals surface area contributed by atoms with Crippen LogP contribution in [0, 0.1) is 0 Å². The predicted molar refractivity (Wildman–Crippen MR) is 104 cm³/mol. The first kappa shape index (κ1) is 18.8. The Kier molecular flexibility index (Phi) is 5.23. The molecule has 0 saturated carbocycles. The Balaban J connectivity index is 1.46. The molecule has 142 valence electrons. The number of ether oxygens (including phenoxy) is 3. The van der Waals surface area contributed by atoms with Gasteiger partial charge in [0.2, 0.25) is 0 Å². The molecule has 4 rings (SSSR count). The first-order valence-electron chi connectivity index (χ1n) is 8.49. The fourth-order valence-corrected chi connectivity index (χ4v) is 3.96. The highest BCUT2D eigenvalue weighted by molar-refractivity contribution is 6.35. The smallest absolute Gasteiger partial charge is 0.292 e. The number of rotatable bonds is 5. The first-order valence-corrected chi connectivity index (χ1v) is 9.62. The second kappa shape index (κ2) is 7.49. The van der Waals surface area contributed by atoms with Gasteiger partial charge in [0.15, 0.2) is 0 Å². The van der Waals surface area contributed by atoms with Crippen LogP contribution in [0.4, 0.5) is 5.69 Å². The number of anilines is 1. The lowest BCUT2D eigenvalue weighted by Crippen LogP contribution is -2.41. The van der Waals surface area contributed by atoms with Crippen LogP contribution in [0.25, 0.3) is 0 Å². The lowest BCUT2D eigenvalue weighted by Gasteiger charge is -2.22. The number of amides is 1. The van der Waals surface area contributed by atoms with Gasteiger partial charge >= 0.3 is 0 Å². The van der Waals surface area contributed by atoms with Gasteiger partial charge in [0.25, 0.3) is 11.7 Å². The Morgan fingerprint density at radius 2 is 1.74 bits per heavy atom. The molecular weight excluding hydrogens is 413 g/mol. The Bertz CT molecular complexity index is 883. The maximum absolute atomic E-state index is 13.0. The van der Waals surface area contributed by atoms with Crippen molar-refractivity contribution in [3.05, 3.63) is 57.0 Å². The molecule has 0 atom stereocenters. The van der Waals surface area contributed by atoms with E-state index in [-0.39, 0.29) is 5.91 Å².